The molecular formula is C34H40Cl4N2O4. The molecule has 6 nitrogen and oxygen atoms in total. The van der Waals surface area contributed by atoms with Gasteiger partial charge in [0, 0.05) is 41.0 Å². The molecule has 1 aliphatic rings. The molecule has 1 fully saturated rings. The molecule has 1 aliphatic heterocycles. The number of aliphatic hydroxyl groups is 1. The highest BCUT2D eigenvalue weighted by atomic mass is 35.5. The Labute approximate surface area is 281 Å². The van der Waals surface area contributed by atoms with Crippen LogP contribution in [0.5, 0.6) is 0 Å². The van der Waals surface area contributed by atoms with Crippen molar-refractivity contribution in [3.8, 4) is 0 Å². The molecule has 2 N–H and O–H groups in total. The van der Waals surface area contributed by atoms with Crippen molar-refractivity contribution < 1.29 is 19.4 Å². The molecule has 1 saturated heterocycles. The molecule has 0 radical (unpaired) electrons. The molecule has 238 valence electrons. The minimum Gasteiger partial charge on any atom is -0.466 e. The van der Waals surface area contributed by atoms with Crippen molar-refractivity contribution in [1.82, 2.24) is 10.2 Å². The zero-order chi connectivity index (χ0) is 30.9. The molecule has 0 bridgehead atoms. The number of hydrogen-bond donors (Lipinski definition) is 2. The Morgan fingerprint density at radius 1 is 0.818 bits per heavy atom. The summed E-state index contributed by atoms with van der Waals surface area (Å²) < 4.78 is 4.88. The molecule has 1 amide bonds. The van der Waals surface area contributed by atoms with E-state index >= 15 is 0 Å². The Balaban J connectivity index is 0.00000529. The minimum atomic E-state index is -1.09. The van der Waals surface area contributed by atoms with Crippen LogP contribution in [0, 0.1) is 0 Å². The van der Waals surface area contributed by atoms with Crippen LogP contribution in [-0.4, -0.2) is 48.1 Å². The van der Waals surface area contributed by atoms with E-state index in [4.69, 9.17) is 39.5 Å². The average molecular weight is 683 g/mol. The van der Waals surface area contributed by atoms with E-state index in [1.165, 1.54) is 0 Å². The Kier molecular flexibility index (Phi) is 13.8. The number of halogens is 4. The van der Waals surface area contributed by atoms with Gasteiger partial charge >= 0.3 is 5.97 Å². The first-order valence-electron chi connectivity index (χ1n) is 14.8. The van der Waals surface area contributed by atoms with E-state index in [1.54, 1.807) is 6.92 Å². The van der Waals surface area contributed by atoms with E-state index in [9.17, 15) is 14.7 Å². The Morgan fingerprint density at radius 3 is 1.86 bits per heavy atom. The van der Waals surface area contributed by atoms with Crippen LogP contribution in [0.4, 0.5) is 0 Å². The lowest BCUT2D eigenvalue weighted by Gasteiger charge is -2.54. The van der Waals surface area contributed by atoms with Gasteiger partial charge in [0.15, 0.2) is 0 Å². The number of nitrogens with zero attached hydrogens (tertiary/aromatic N) is 1. The third-order valence-electron chi connectivity index (χ3n) is 8.20. The fourth-order valence-electron chi connectivity index (χ4n) is 6.00. The number of nitrogens with one attached hydrogen (secondary N) is 1. The topological polar surface area (TPSA) is 78.9 Å². The third kappa shape index (κ3) is 9.12. The fraction of sp³-hybridized carbons (Fsp3) is 0.412. The minimum absolute atomic E-state index is 0. The summed E-state index contributed by atoms with van der Waals surface area (Å²) in [6.07, 6.45) is 3.86. The second kappa shape index (κ2) is 16.8. The van der Waals surface area contributed by atoms with E-state index < -0.39 is 11.1 Å². The van der Waals surface area contributed by atoms with Crippen LogP contribution >= 0.6 is 47.2 Å². The number of likely N-dealkylation sites (tertiary alicyclic amines) is 1. The summed E-state index contributed by atoms with van der Waals surface area (Å²) in [5, 5.41) is 17.1. The Hall–Kier alpha value is -2.32. The quantitative estimate of drug-likeness (QED) is 0.142. The van der Waals surface area contributed by atoms with Crippen LogP contribution < -0.4 is 5.32 Å². The number of rotatable bonds is 13. The zero-order valence-corrected chi connectivity index (χ0v) is 28.0. The number of ether oxygens (including phenoxy) is 1. The van der Waals surface area contributed by atoms with Gasteiger partial charge < -0.3 is 15.2 Å². The summed E-state index contributed by atoms with van der Waals surface area (Å²) in [6, 6.07) is 23.2. The average Bonchev–Trinajstić information content (AvgIpc) is 2.99. The largest absolute Gasteiger partial charge is 0.466 e. The van der Waals surface area contributed by atoms with Gasteiger partial charge in [0.1, 0.15) is 0 Å². The molecule has 10 heteroatoms. The van der Waals surface area contributed by atoms with Gasteiger partial charge in [0.2, 0.25) is 5.91 Å². The van der Waals surface area contributed by atoms with E-state index in [-0.39, 0.29) is 37.1 Å². The summed E-state index contributed by atoms with van der Waals surface area (Å²) >= 11 is 18.8. The maximum absolute atomic E-state index is 12.2. The molecule has 0 saturated carbocycles. The van der Waals surface area contributed by atoms with E-state index in [0.29, 0.717) is 47.6 Å². The highest BCUT2D eigenvalue weighted by Gasteiger charge is 2.51. The van der Waals surface area contributed by atoms with Gasteiger partial charge in [0.05, 0.1) is 24.2 Å². The van der Waals surface area contributed by atoms with Crippen LogP contribution in [0.25, 0.3) is 0 Å². The third-order valence-corrected chi connectivity index (χ3v) is 8.95. The number of hydrogen-bond acceptors (Lipinski definition) is 5. The summed E-state index contributed by atoms with van der Waals surface area (Å²) in [5.41, 5.74) is 1.18. The van der Waals surface area contributed by atoms with E-state index in [2.05, 4.69) is 10.2 Å². The second-order valence-corrected chi connectivity index (χ2v) is 12.4. The SMILES string of the molecule is CCOC(=O)CCC(=O)NCCCCCN1CCC(O)(c2ccc(Cl)cc2)CC1(c1ccc(Cl)cc1)c1ccc(Cl)cc1.Cl. The first kappa shape index (κ1) is 36.2. The highest BCUT2D eigenvalue weighted by Crippen LogP contribution is 2.50. The number of esters is 1. The maximum atomic E-state index is 12.2. The number of unbranched alkanes of at least 4 members (excludes halogenated alkanes) is 2. The molecule has 0 spiro atoms. The van der Waals surface area contributed by atoms with Crippen molar-refractivity contribution in [3.05, 3.63) is 105 Å². The van der Waals surface area contributed by atoms with Gasteiger partial charge in [-0.1, -0.05) is 77.6 Å². The smallest absolute Gasteiger partial charge is 0.306 e. The maximum Gasteiger partial charge on any atom is 0.306 e. The molecule has 3 aromatic carbocycles. The van der Waals surface area contributed by atoms with Crippen LogP contribution in [0.3, 0.4) is 0 Å². The number of carbonyl (C=O) groups excluding carboxylic acids is 2. The van der Waals surface area contributed by atoms with Crippen molar-refractivity contribution in [3.63, 3.8) is 0 Å². The van der Waals surface area contributed by atoms with Crippen molar-refractivity contribution in [1.29, 1.82) is 0 Å². The molecular weight excluding hydrogens is 642 g/mol. The Morgan fingerprint density at radius 2 is 1.34 bits per heavy atom. The molecule has 44 heavy (non-hydrogen) atoms. The van der Waals surface area contributed by atoms with Crippen molar-refractivity contribution in [2.24, 2.45) is 0 Å². The number of benzene rings is 3. The van der Waals surface area contributed by atoms with Gasteiger partial charge in [-0.15, -0.1) is 12.4 Å². The van der Waals surface area contributed by atoms with Crippen molar-refractivity contribution in [2.45, 2.75) is 63.0 Å². The number of piperidine rings is 1. The molecule has 0 aliphatic carbocycles. The normalized spacial score (nSPS) is 17.8. The zero-order valence-electron chi connectivity index (χ0n) is 24.9. The lowest BCUT2D eigenvalue weighted by Crippen LogP contribution is -2.57. The molecule has 0 aromatic heterocycles. The number of carbonyl (C=O) groups is 2. The molecule has 1 heterocycles. The summed E-state index contributed by atoms with van der Waals surface area (Å²) in [7, 11) is 0. The monoisotopic (exact) mass is 680 g/mol. The first-order valence-corrected chi connectivity index (χ1v) is 16.0. The van der Waals surface area contributed by atoms with Crippen LogP contribution in [0.2, 0.25) is 15.1 Å². The van der Waals surface area contributed by atoms with Gasteiger partial charge in [0.25, 0.3) is 0 Å². The highest BCUT2D eigenvalue weighted by molar-refractivity contribution is 6.31. The Bertz CT molecular complexity index is 1310. The summed E-state index contributed by atoms with van der Waals surface area (Å²) in [5.74, 6) is -0.498. The van der Waals surface area contributed by atoms with Gasteiger partial charge in [-0.05, 0) is 85.8 Å². The predicted octanol–water partition coefficient (Wildman–Crippen LogP) is 7.93. The van der Waals surface area contributed by atoms with Crippen LogP contribution in [0.1, 0.15) is 68.6 Å². The van der Waals surface area contributed by atoms with Crippen LogP contribution in [0.15, 0.2) is 72.8 Å². The standard InChI is InChI=1S/C34H39Cl3N2O4.ClH/c1-2-43-32(41)19-18-31(40)38-21-4-3-5-22-39-23-20-33(42,25-6-12-28(35)13-7-25)24-34(39,26-8-14-29(36)15-9-26)27-10-16-30(37)17-11-27;/h6-17,42H,2-5,18-24H2,1H3,(H,38,40);1H. The lowest BCUT2D eigenvalue weighted by atomic mass is 9.67. The molecule has 3 aromatic rings. The van der Waals surface area contributed by atoms with Gasteiger partial charge in [-0.25, -0.2) is 0 Å². The van der Waals surface area contributed by atoms with Crippen LogP contribution in [-0.2, 0) is 25.5 Å². The predicted molar refractivity (Wildman–Crippen MR) is 180 cm³/mol. The van der Waals surface area contributed by atoms with Gasteiger partial charge in [-0.2, -0.15) is 0 Å². The fourth-order valence-corrected chi connectivity index (χ4v) is 6.38. The van der Waals surface area contributed by atoms with E-state index in [0.717, 1.165) is 42.5 Å². The molecule has 1 atom stereocenters. The second-order valence-electron chi connectivity index (χ2n) is 11.0. The van der Waals surface area contributed by atoms with Crippen molar-refractivity contribution >= 4 is 59.1 Å². The summed E-state index contributed by atoms with van der Waals surface area (Å²) in [6.45, 7) is 4.07. The molecule has 4 rings (SSSR count). The number of amides is 1. The molecule has 1 unspecified atom stereocenters. The van der Waals surface area contributed by atoms with E-state index in [1.807, 2.05) is 72.8 Å². The van der Waals surface area contributed by atoms with Gasteiger partial charge in [-0.3, -0.25) is 14.5 Å². The van der Waals surface area contributed by atoms with Crippen molar-refractivity contribution in [2.75, 3.05) is 26.2 Å². The summed E-state index contributed by atoms with van der Waals surface area (Å²) in [4.78, 5) is 26.1. The first-order chi connectivity index (χ1) is 20.7. The lowest BCUT2D eigenvalue weighted by molar-refractivity contribution is -0.144.